The lowest BCUT2D eigenvalue weighted by Gasteiger charge is -2.33. The molecule has 6 heteroatoms. The van der Waals surface area contributed by atoms with Crippen molar-refractivity contribution in [1.82, 2.24) is 9.47 Å². The van der Waals surface area contributed by atoms with E-state index in [1.54, 1.807) is 11.0 Å². The minimum absolute atomic E-state index is 0.0914. The third-order valence-electron chi connectivity index (χ3n) is 5.15. The standard InChI is InChI=1S/C21H29N3O3/c1-5-9-23-16(3)11-18(17(23)4)12-19(13-22)21(26)27-14-20(25)24-10-7-6-8-15(24)2/h11-12,15H,5-10,14H2,1-4H3/b19-12+/t15-/m0/s1. The molecule has 1 aliphatic heterocycles. The molecule has 146 valence electrons. The fourth-order valence-electron chi connectivity index (χ4n) is 3.59. The molecule has 2 heterocycles. The van der Waals surface area contributed by atoms with Crippen molar-refractivity contribution in [2.45, 2.75) is 66.0 Å². The molecule has 0 spiro atoms. The fourth-order valence-corrected chi connectivity index (χ4v) is 3.59. The molecule has 1 aliphatic rings. The van der Waals surface area contributed by atoms with Crippen LogP contribution >= 0.6 is 0 Å². The van der Waals surface area contributed by atoms with Crippen LogP contribution in [0.25, 0.3) is 6.08 Å². The number of hydrogen-bond acceptors (Lipinski definition) is 4. The molecule has 0 radical (unpaired) electrons. The first-order valence-corrected chi connectivity index (χ1v) is 9.64. The Morgan fingerprint density at radius 2 is 2.11 bits per heavy atom. The van der Waals surface area contributed by atoms with Gasteiger partial charge in [0.25, 0.3) is 5.91 Å². The zero-order chi connectivity index (χ0) is 20.0. The van der Waals surface area contributed by atoms with Crippen LogP contribution in [0.3, 0.4) is 0 Å². The number of amides is 1. The lowest BCUT2D eigenvalue weighted by Crippen LogP contribution is -2.44. The molecule has 1 fully saturated rings. The number of likely N-dealkylation sites (tertiary alicyclic amines) is 1. The Hall–Kier alpha value is -2.55. The molecule has 1 aromatic heterocycles. The molecule has 1 amide bonds. The number of nitriles is 1. The summed E-state index contributed by atoms with van der Waals surface area (Å²) in [5, 5.41) is 9.36. The molecular weight excluding hydrogens is 342 g/mol. The van der Waals surface area contributed by atoms with E-state index in [1.165, 1.54) is 0 Å². The van der Waals surface area contributed by atoms with Crippen LogP contribution in [0.4, 0.5) is 0 Å². The summed E-state index contributed by atoms with van der Waals surface area (Å²) in [5.41, 5.74) is 2.82. The highest BCUT2D eigenvalue weighted by Gasteiger charge is 2.24. The van der Waals surface area contributed by atoms with Gasteiger partial charge in [0.15, 0.2) is 6.61 Å². The Labute approximate surface area is 161 Å². The molecule has 0 N–H and O–H groups in total. The van der Waals surface area contributed by atoms with Crippen molar-refractivity contribution in [3.8, 4) is 6.07 Å². The molecule has 1 atom stereocenters. The predicted molar refractivity (Wildman–Crippen MR) is 104 cm³/mol. The van der Waals surface area contributed by atoms with Gasteiger partial charge in [-0.3, -0.25) is 4.79 Å². The zero-order valence-corrected chi connectivity index (χ0v) is 16.7. The molecular formula is C21H29N3O3. The van der Waals surface area contributed by atoms with E-state index >= 15 is 0 Å². The van der Waals surface area contributed by atoms with Crippen molar-refractivity contribution < 1.29 is 14.3 Å². The maximum Gasteiger partial charge on any atom is 0.349 e. The highest BCUT2D eigenvalue weighted by Crippen LogP contribution is 2.20. The summed E-state index contributed by atoms with van der Waals surface area (Å²) < 4.78 is 7.29. The van der Waals surface area contributed by atoms with Gasteiger partial charge in [0, 0.05) is 30.5 Å². The Morgan fingerprint density at radius 1 is 1.37 bits per heavy atom. The predicted octanol–water partition coefficient (Wildman–Crippen LogP) is 3.37. The van der Waals surface area contributed by atoms with Gasteiger partial charge in [-0.05, 0) is 64.2 Å². The Kier molecular flexibility index (Phi) is 7.23. The van der Waals surface area contributed by atoms with E-state index in [9.17, 15) is 14.9 Å². The number of esters is 1. The minimum atomic E-state index is -0.754. The van der Waals surface area contributed by atoms with Crippen molar-refractivity contribution in [1.29, 1.82) is 5.26 Å². The van der Waals surface area contributed by atoms with Crippen molar-refractivity contribution in [2.75, 3.05) is 13.2 Å². The van der Waals surface area contributed by atoms with E-state index in [0.717, 1.165) is 49.2 Å². The minimum Gasteiger partial charge on any atom is -0.451 e. The maximum atomic E-state index is 12.3. The van der Waals surface area contributed by atoms with E-state index in [-0.39, 0.29) is 24.1 Å². The summed E-state index contributed by atoms with van der Waals surface area (Å²) in [6.45, 7) is 9.34. The van der Waals surface area contributed by atoms with Gasteiger partial charge in [-0.15, -0.1) is 0 Å². The largest absolute Gasteiger partial charge is 0.451 e. The average molecular weight is 371 g/mol. The van der Waals surface area contributed by atoms with Gasteiger partial charge < -0.3 is 14.2 Å². The summed E-state index contributed by atoms with van der Waals surface area (Å²) in [6, 6.07) is 4.02. The van der Waals surface area contributed by atoms with Crippen LogP contribution in [0, 0.1) is 25.2 Å². The van der Waals surface area contributed by atoms with Crippen LogP contribution < -0.4 is 0 Å². The second-order valence-electron chi connectivity index (χ2n) is 7.16. The van der Waals surface area contributed by atoms with Gasteiger partial charge in [0.2, 0.25) is 0 Å². The van der Waals surface area contributed by atoms with E-state index in [4.69, 9.17) is 4.74 Å². The summed E-state index contributed by atoms with van der Waals surface area (Å²) in [7, 11) is 0. The van der Waals surface area contributed by atoms with Crippen LogP contribution in [0.2, 0.25) is 0 Å². The second kappa shape index (κ2) is 9.40. The van der Waals surface area contributed by atoms with Gasteiger partial charge in [-0.2, -0.15) is 5.26 Å². The normalized spacial score (nSPS) is 17.5. The first kappa shape index (κ1) is 20.8. The summed E-state index contributed by atoms with van der Waals surface area (Å²) in [4.78, 5) is 26.3. The van der Waals surface area contributed by atoms with Gasteiger partial charge in [-0.25, -0.2) is 4.79 Å². The van der Waals surface area contributed by atoms with Crippen molar-refractivity contribution in [2.24, 2.45) is 0 Å². The molecule has 1 aromatic rings. The molecule has 2 rings (SSSR count). The Bertz CT molecular complexity index is 770. The van der Waals surface area contributed by atoms with Crippen LogP contribution in [0.1, 0.15) is 56.5 Å². The van der Waals surface area contributed by atoms with Crippen LogP contribution in [-0.2, 0) is 20.9 Å². The van der Waals surface area contributed by atoms with Crippen LogP contribution in [-0.4, -0.2) is 40.5 Å². The first-order chi connectivity index (χ1) is 12.9. The van der Waals surface area contributed by atoms with Crippen molar-refractivity contribution in [3.05, 3.63) is 28.6 Å². The average Bonchev–Trinajstić information content (AvgIpc) is 2.92. The number of carbonyl (C=O) groups excluding carboxylic acids is 2. The van der Waals surface area contributed by atoms with Crippen molar-refractivity contribution in [3.63, 3.8) is 0 Å². The molecule has 0 saturated carbocycles. The summed E-state index contributed by atoms with van der Waals surface area (Å²) >= 11 is 0. The fraction of sp³-hybridized carbons (Fsp3) is 0.571. The SMILES string of the molecule is CCCn1c(C)cc(/C=C(\C#N)C(=O)OCC(=O)N2CCCC[C@@H]2C)c1C. The van der Waals surface area contributed by atoms with Gasteiger partial charge in [-0.1, -0.05) is 6.92 Å². The first-order valence-electron chi connectivity index (χ1n) is 9.64. The number of hydrogen-bond donors (Lipinski definition) is 0. The van der Waals surface area contributed by atoms with E-state index in [1.807, 2.05) is 32.9 Å². The smallest absolute Gasteiger partial charge is 0.349 e. The molecule has 0 unspecified atom stereocenters. The summed E-state index contributed by atoms with van der Waals surface area (Å²) in [5.74, 6) is -0.954. The molecule has 0 bridgehead atoms. The molecule has 0 aromatic carbocycles. The lowest BCUT2D eigenvalue weighted by atomic mass is 10.0. The van der Waals surface area contributed by atoms with Crippen molar-refractivity contribution >= 4 is 18.0 Å². The van der Waals surface area contributed by atoms with Gasteiger partial charge >= 0.3 is 5.97 Å². The highest BCUT2D eigenvalue weighted by molar-refractivity contribution is 5.99. The van der Waals surface area contributed by atoms with E-state index in [0.29, 0.717) is 6.54 Å². The van der Waals surface area contributed by atoms with E-state index < -0.39 is 5.97 Å². The molecule has 0 aliphatic carbocycles. The highest BCUT2D eigenvalue weighted by atomic mass is 16.5. The number of rotatable bonds is 6. The topological polar surface area (TPSA) is 75.3 Å². The number of aryl methyl sites for hydroxylation is 1. The van der Waals surface area contributed by atoms with Crippen LogP contribution in [0.15, 0.2) is 11.6 Å². The number of carbonyl (C=O) groups is 2. The number of nitrogens with zero attached hydrogens (tertiary/aromatic N) is 3. The third-order valence-corrected chi connectivity index (χ3v) is 5.15. The number of aromatic nitrogens is 1. The van der Waals surface area contributed by atoms with Gasteiger partial charge in [0.05, 0.1) is 0 Å². The summed E-state index contributed by atoms with van der Waals surface area (Å²) in [6.07, 6.45) is 5.61. The Morgan fingerprint density at radius 3 is 2.74 bits per heavy atom. The zero-order valence-electron chi connectivity index (χ0n) is 16.7. The van der Waals surface area contributed by atoms with Crippen LogP contribution in [0.5, 0.6) is 0 Å². The molecule has 1 saturated heterocycles. The lowest BCUT2D eigenvalue weighted by molar-refractivity contribution is -0.150. The Balaban J connectivity index is 2.05. The maximum absolute atomic E-state index is 12.3. The van der Waals surface area contributed by atoms with E-state index in [2.05, 4.69) is 11.5 Å². The number of piperidine rings is 1. The molecule has 27 heavy (non-hydrogen) atoms. The van der Waals surface area contributed by atoms with Gasteiger partial charge in [0.1, 0.15) is 11.6 Å². The number of ether oxygens (including phenoxy) is 1. The third kappa shape index (κ3) is 5.00. The monoisotopic (exact) mass is 371 g/mol. The second-order valence-corrected chi connectivity index (χ2v) is 7.16. The molecule has 6 nitrogen and oxygen atoms in total. The quantitative estimate of drug-likeness (QED) is 0.436.